The van der Waals surface area contributed by atoms with Crippen molar-refractivity contribution in [1.29, 1.82) is 0 Å². The molecule has 0 unspecified atom stereocenters. The number of H-pyrrole nitrogens is 1. The molecule has 0 radical (unpaired) electrons. The number of ether oxygens (including phenoxy) is 1. The van der Waals surface area contributed by atoms with Crippen molar-refractivity contribution < 1.29 is 14.6 Å². The number of aromatic amines is 1. The minimum Gasteiger partial charge on any atom is -0.507 e. The lowest BCUT2D eigenvalue weighted by Crippen LogP contribution is -2.39. The average Bonchev–Trinajstić information content (AvgIpc) is 3.04. The van der Waals surface area contributed by atoms with Crippen LogP contribution in [0.15, 0.2) is 43.0 Å². The normalized spacial score (nSPS) is 19.7. The first kappa shape index (κ1) is 23.0. The Morgan fingerprint density at radius 1 is 1.39 bits per heavy atom. The summed E-state index contributed by atoms with van der Waals surface area (Å²) < 4.78 is 5.87. The summed E-state index contributed by atoms with van der Waals surface area (Å²) in [6, 6.07) is 9.18. The summed E-state index contributed by atoms with van der Waals surface area (Å²) in [7, 11) is 1.81. The van der Waals surface area contributed by atoms with Gasteiger partial charge in [0.2, 0.25) is 5.91 Å². The van der Waals surface area contributed by atoms with Gasteiger partial charge in [0.05, 0.1) is 18.3 Å². The van der Waals surface area contributed by atoms with Gasteiger partial charge in [-0.2, -0.15) is 0 Å². The molecule has 0 spiro atoms. The molecule has 4 rings (SSSR count). The van der Waals surface area contributed by atoms with E-state index in [9.17, 15) is 9.90 Å². The smallest absolute Gasteiger partial charge is 0.246 e. The maximum atomic E-state index is 12.2. The average molecular weight is 449 g/mol. The fourth-order valence-electron chi connectivity index (χ4n) is 4.72. The molecule has 1 saturated heterocycles. The first-order valence-corrected chi connectivity index (χ1v) is 11.6. The van der Waals surface area contributed by atoms with E-state index in [2.05, 4.69) is 35.6 Å². The first-order chi connectivity index (χ1) is 15.9. The lowest BCUT2D eigenvalue weighted by atomic mass is 9.86. The van der Waals surface area contributed by atoms with E-state index in [0.29, 0.717) is 30.4 Å². The zero-order valence-electron chi connectivity index (χ0n) is 19.5. The van der Waals surface area contributed by atoms with Crippen LogP contribution in [0.4, 0.5) is 0 Å². The van der Waals surface area contributed by atoms with Gasteiger partial charge in [0.15, 0.2) is 5.65 Å². The number of benzene rings is 1. The Labute approximate surface area is 194 Å². The van der Waals surface area contributed by atoms with E-state index in [4.69, 9.17) is 4.74 Å². The number of hydrogen-bond donors (Lipinski definition) is 2. The van der Waals surface area contributed by atoms with Crippen LogP contribution in [0, 0.1) is 0 Å². The van der Waals surface area contributed by atoms with Crippen LogP contribution >= 0.6 is 0 Å². The summed E-state index contributed by atoms with van der Waals surface area (Å²) >= 11 is 0. The molecule has 33 heavy (non-hydrogen) atoms. The molecule has 1 aromatic carbocycles. The Kier molecular flexibility index (Phi) is 6.79. The van der Waals surface area contributed by atoms with Gasteiger partial charge in [0.25, 0.3) is 0 Å². The highest BCUT2D eigenvalue weighted by molar-refractivity contribution is 5.87. The molecule has 7 nitrogen and oxygen atoms in total. The zero-order chi connectivity index (χ0) is 23.5. The number of amides is 1. The highest BCUT2D eigenvalue weighted by atomic mass is 16.5. The number of nitrogens with zero attached hydrogens (tertiary/aromatic N) is 3. The molecule has 2 aromatic heterocycles. The summed E-state index contributed by atoms with van der Waals surface area (Å²) in [6.07, 6.45) is 3.99. The highest BCUT2D eigenvalue weighted by Crippen LogP contribution is 2.40. The second-order valence-electron chi connectivity index (χ2n) is 8.87. The van der Waals surface area contributed by atoms with E-state index >= 15 is 0 Å². The molecule has 1 aliphatic rings. The third-order valence-electron chi connectivity index (χ3n) is 6.87. The maximum Gasteiger partial charge on any atom is 0.246 e. The van der Waals surface area contributed by atoms with Crippen molar-refractivity contribution in [2.24, 2.45) is 0 Å². The van der Waals surface area contributed by atoms with Crippen molar-refractivity contribution in [3.63, 3.8) is 0 Å². The Hall–Kier alpha value is -3.19. The number of carbonyl (C=O) groups excluding carboxylic acids is 1. The number of hydrogen-bond acceptors (Lipinski definition) is 5. The molecule has 3 atom stereocenters. The quantitative estimate of drug-likeness (QED) is 0.531. The third-order valence-corrected chi connectivity index (χ3v) is 6.87. The number of rotatable bonds is 6. The van der Waals surface area contributed by atoms with Gasteiger partial charge in [-0.15, -0.1) is 10.2 Å². The zero-order valence-corrected chi connectivity index (χ0v) is 19.5. The summed E-state index contributed by atoms with van der Waals surface area (Å²) in [6.45, 7) is 9.19. The van der Waals surface area contributed by atoms with E-state index in [1.807, 2.05) is 25.2 Å². The maximum absolute atomic E-state index is 12.2. The van der Waals surface area contributed by atoms with Gasteiger partial charge in [0.1, 0.15) is 5.75 Å². The van der Waals surface area contributed by atoms with Crippen LogP contribution in [-0.4, -0.2) is 57.4 Å². The Morgan fingerprint density at radius 2 is 2.18 bits per heavy atom. The fourth-order valence-corrected chi connectivity index (χ4v) is 4.72. The number of nitrogens with one attached hydrogen (secondary N) is 1. The predicted octanol–water partition coefficient (Wildman–Crippen LogP) is 4.75. The molecule has 7 heteroatoms. The minimum atomic E-state index is -0.0961. The van der Waals surface area contributed by atoms with E-state index in [-0.39, 0.29) is 23.6 Å². The summed E-state index contributed by atoms with van der Waals surface area (Å²) in [5.74, 6) is 0.599. The lowest BCUT2D eigenvalue weighted by molar-refractivity contribution is -0.127. The predicted molar refractivity (Wildman–Crippen MR) is 129 cm³/mol. The van der Waals surface area contributed by atoms with Crippen molar-refractivity contribution in [2.45, 2.75) is 51.0 Å². The lowest BCUT2D eigenvalue weighted by Gasteiger charge is -2.28. The van der Waals surface area contributed by atoms with Crippen LogP contribution in [0.3, 0.4) is 0 Å². The summed E-state index contributed by atoms with van der Waals surface area (Å²) in [5, 5.41) is 20.2. The molecule has 3 heterocycles. The van der Waals surface area contributed by atoms with Gasteiger partial charge in [-0.1, -0.05) is 32.6 Å². The molecule has 174 valence electrons. The largest absolute Gasteiger partial charge is 0.507 e. The molecule has 0 bridgehead atoms. The van der Waals surface area contributed by atoms with Crippen LogP contribution in [0.1, 0.15) is 56.2 Å². The van der Waals surface area contributed by atoms with Crippen LogP contribution < -0.4 is 0 Å². The molecular weight excluding hydrogens is 416 g/mol. The Balaban J connectivity index is 1.79. The number of para-hydroxylation sites is 1. The third kappa shape index (κ3) is 4.50. The molecule has 0 saturated carbocycles. The van der Waals surface area contributed by atoms with Crippen LogP contribution in [0.25, 0.3) is 22.3 Å². The second-order valence-corrected chi connectivity index (χ2v) is 8.87. The molecule has 3 aromatic rings. The highest BCUT2D eigenvalue weighted by Gasteiger charge is 2.31. The van der Waals surface area contributed by atoms with Crippen molar-refractivity contribution >= 4 is 16.9 Å². The summed E-state index contributed by atoms with van der Waals surface area (Å²) in [5.41, 5.74) is 4.45. The number of carbonyl (C=O) groups is 1. The van der Waals surface area contributed by atoms with Gasteiger partial charge < -0.3 is 19.7 Å². The van der Waals surface area contributed by atoms with Gasteiger partial charge in [-0.3, -0.25) is 4.79 Å². The van der Waals surface area contributed by atoms with Gasteiger partial charge in [-0.05, 0) is 55.0 Å². The van der Waals surface area contributed by atoms with Gasteiger partial charge in [0, 0.05) is 36.2 Å². The van der Waals surface area contributed by atoms with Gasteiger partial charge >= 0.3 is 0 Å². The molecule has 1 aliphatic heterocycles. The standard InChI is InChI=1S/C26H32N4O3/c1-5-16(3)24-20-14-21(19-9-7-8-10-22(19)31)28-29-26(20)27-25(24)17-11-12-33-15-18(13-17)30(4)23(32)6-2/h6-10,14,16-18,31H,2,5,11-13,15H2,1,3-4H3,(H,27,29)/t16-,17+,18-/m0/s1. The van der Waals surface area contributed by atoms with Crippen LogP contribution in [-0.2, 0) is 9.53 Å². The van der Waals surface area contributed by atoms with E-state index < -0.39 is 0 Å². The Morgan fingerprint density at radius 3 is 2.91 bits per heavy atom. The van der Waals surface area contributed by atoms with Crippen molar-refractivity contribution in [1.82, 2.24) is 20.1 Å². The van der Waals surface area contributed by atoms with Crippen molar-refractivity contribution in [3.8, 4) is 17.0 Å². The van der Waals surface area contributed by atoms with Crippen LogP contribution in [0.5, 0.6) is 5.75 Å². The molecule has 0 aliphatic carbocycles. The van der Waals surface area contributed by atoms with E-state index in [0.717, 1.165) is 36.0 Å². The number of aromatic nitrogens is 3. The molecule has 1 fully saturated rings. The van der Waals surface area contributed by atoms with Crippen molar-refractivity contribution in [2.75, 3.05) is 20.3 Å². The van der Waals surface area contributed by atoms with E-state index in [1.54, 1.807) is 17.0 Å². The number of fused-ring (bicyclic) bond motifs is 1. The molecule has 2 N–H and O–H groups in total. The molecule has 1 amide bonds. The minimum absolute atomic E-state index is 0.0258. The number of phenols is 1. The number of likely N-dealkylation sites (N-methyl/N-ethyl adjacent to an activating group) is 1. The molecular formula is C26H32N4O3. The van der Waals surface area contributed by atoms with E-state index in [1.165, 1.54) is 11.6 Å². The monoisotopic (exact) mass is 448 g/mol. The second kappa shape index (κ2) is 9.75. The van der Waals surface area contributed by atoms with Crippen LogP contribution in [0.2, 0.25) is 0 Å². The van der Waals surface area contributed by atoms with Crippen molar-refractivity contribution in [3.05, 3.63) is 54.2 Å². The number of aromatic hydroxyl groups is 1. The topological polar surface area (TPSA) is 91.3 Å². The first-order valence-electron chi connectivity index (χ1n) is 11.6. The fraction of sp³-hybridized carbons (Fsp3) is 0.423. The Bertz CT molecular complexity index is 1160. The summed E-state index contributed by atoms with van der Waals surface area (Å²) in [4.78, 5) is 17.5. The number of phenolic OH excluding ortho intramolecular Hbond substituents is 1. The SMILES string of the molecule is C=CC(=O)N(C)[C@@H]1COCC[C@@H](c2[nH]c3nnc(-c4ccccc4O)cc3c2[C@@H](C)CC)C1. The van der Waals surface area contributed by atoms with Gasteiger partial charge in [-0.25, -0.2) is 0 Å².